The maximum atomic E-state index is 8.65. The predicted molar refractivity (Wildman–Crippen MR) is 35.3 cm³/mol. The van der Waals surface area contributed by atoms with Crippen molar-refractivity contribution in [3.63, 3.8) is 0 Å². The first-order valence-electron chi connectivity index (χ1n) is 3.63. The van der Waals surface area contributed by atoms with Crippen molar-refractivity contribution >= 4 is 0 Å². The van der Waals surface area contributed by atoms with Gasteiger partial charge in [0.1, 0.15) is 0 Å². The Morgan fingerprint density at radius 1 is 1.44 bits per heavy atom. The molecule has 1 heterocycles. The van der Waals surface area contributed by atoms with E-state index < -0.39 is 0 Å². The van der Waals surface area contributed by atoms with Gasteiger partial charge in [-0.3, -0.25) is 0 Å². The third kappa shape index (κ3) is 1.66. The number of rotatable bonds is 2. The minimum Gasteiger partial charge on any atom is -0.394 e. The van der Waals surface area contributed by atoms with Gasteiger partial charge in [0.25, 0.3) is 0 Å². The molecule has 0 bridgehead atoms. The maximum absolute atomic E-state index is 8.65. The topological polar surface area (TPSA) is 29.5 Å². The first-order chi connectivity index (χ1) is 4.36. The molecule has 0 aromatic carbocycles. The predicted octanol–water partition coefficient (Wildman–Crippen LogP) is 0.936. The van der Waals surface area contributed by atoms with Crippen LogP contribution in [0.3, 0.4) is 0 Å². The van der Waals surface area contributed by atoms with Crippen LogP contribution in [0.1, 0.15) is 26.2 Å². The zero-order chi connectivity index (χ0) is 6.69. The molecule has 2 nitrogen and oxygen atoms in total. The molecule has 54 valence electrons. The van der Waals surface area contributed by atoms with Crippen LogP contribution in [-0.4, -0.2) is 23.9 Å². The highest BCUT2D eigenvalue weighted by Crippen LogP contribution is 2.20. The summed E-state index contributed by atoms with van der Waals surface area (Å²) >= 11 is 0. The largest absolute Gasteiger partial charge is 0.394 e. The summed E-state index contributed by atoms with van der Waals surface area (Å²) in [5, 5.41) is 8.65. The maximum Gasteiger partial charge on any atom is 0.0810 e. The normalized spacial score (nSPS) is 35.3. The van der Waals surface area contributed by atoms with Gasteiger partial charge in [0.05, 0.1) is 18.8 Å². The molecule has 1 aliphatic rings. The van der Waals surface area contributed by atoms with Gasteiger partial charge in [0.2, 0.25) is 0 Å². The molecule has 2 unspecified atom stereocenters. The van der Waals surface area contributed by atoms with Crippen LogP contribution < -0.4 is 0 Å². The van der Waals surface area contributed by atoms with Crippen molar-refractivity contribution in [2.75, 3.05) is 6.61 Å². The van der Waals surface area contributed by atoms with Crippen molar-refractivity contribution in [2.24, 2.45) is 0 Å². The van der Waals surface area contributed by atoms with Gasteiger partial charge >= 0.3 is 0 Å². The number of aliphatic hydroxyl groups is 1. The second kappa shape index (κ2) is 3.18. The van der Waals surface area contributed by atoms with Gasteiger partial charge in [-0.1, -0.05) is 6.92 Å². The summed E-state index contributed by atoms with van der Waals surface area (Å²) in [7, 11) is 0. The molecule has 0 saturated carbocycles. The molecular weight excluding hydrogens is 116 g/mol. The molecule has 1 N–H and O–H groups in total. The molecule has 2 atom stereocenters. The summed E-state index contributed by atoms with van der Waals surface area (Å²) in [5.74, 6) is 0. The highest BCUT2D eigenvalue weighted by atomic mass is 16.5. The Bertz CT molecular complexity index is 73.0. The molecule has 9 heavy (non-hydrogen) atoms. The van der Waals surface area contributed by atoms with E-state index >= 15 is 0 Å². The smallest absolute Gasteiger partial charge is 0.0810 e. The first-order valence-corrected chi connectivity index (χ1v) is 3.63. The molecule has 0 aromatic rings. The summed E-state index contributed by atoms with van der Waals surface area (Å²) in [5.41, 5.74) is 0. The lowest BCUT2D eigenvalue weighted by atomic mass is 10.2. The molecular formula is C7H14O2. The van der Waals surface area contributed by atoms with Crippen LogP contribution >= 0.6 is 0 Å². The SMILES string of the molecule is CCC1CCC(CO)O1. The second-order valence-electron chi connectivity index (χ2n) is 2.55. The van der Waals surface area contributed by atoms with Crippen molar-refractivity contribution in [1.29, 1.82) is 0 Å². The zero-order valence-electron chi connectivity index (χ0n) is 5.84. The molecule has 0 aliphatic carbocycles. The van der Waals surface area contributed by atoms with Gasteiger partial charge in [-0.25, -0.2) is 0 Å². The Morgan fingerprint density at radius 2 is 2.11 bits per heavy atom. The van der Waals surface area contributed by atoms with Crippen LogP contribution in [0, 0.1) is 0 Å². The summed E-state index contributed by atoms with van der Waals surface area (Å²) in [4.78, 5) is 0. The molecule has 1 fully saturated rings. The van der Waals surface area contributed by atoms with Gasteiger partial charge < -0.3 is 9.84 Å². The van der Waals surface area contributed by atoms with E-state index in [4.69, 9.17) is 9.84 Å². The van der Waals surface area contributed by atoms with Crippen LogP contribution in [-0.2, 0) is 4.74 Å². The monoisotopic (exact) mass is 130 g/mol. The number of hydrogen-bond acceptors (Lipinski definition) is 2. The minimum atomic E-state index is 0.134. The number of ether oxygens (including phenoxy) is 1. The fraction of sp³-hybridized carbons (Fsp3) is 1.00. The standard InChI is InChI=1S/C7H14O2/c1-2-6-3-4-7(5-8)9-6/h6-8H,2-5H2,1H3. The van der Waals surface area contributed by atoms with Gasteiger partial charge in [0, 0.05) is 0 Å². The Balaban J connectivity index is 2.20. The highest BCUT2D eigenvalue weighted by Gasteiger charge is 2.22. The molecule has 1 saturated heterocycles. The fourth-order valence-electron chi connectivity index (χ4n) is 1.21. The lowest BCUT2D eigenvalue weighted by molar-refractivity contribution is 0.0106. The average Bonchev–Trinajstić information content (AvgIpc) is 2.34. The van der Waals surface area contributed by atoms with Crippen molar-refractivity contribution in [3.05, 3.63) is 0 Å². The molecule has 0 spiro atoms. The fourth-order valence-corrected chi connectivity index (χ4v) is 1.21. The summed E-state index contributed by atoms with van der Waals surface area (Å²) in [6.45, 7) is 2.31. The van der Waals surface area contributed by atoms with E-state index in [1.807, 2.05) is 0 Å². The third-order valence-electron chi connectivity index (χ3n) is 1.85. The highest BCUT2D eigenvalue weighted by molar-refractivity contribution is 4.71. The average molecular weight is 130 g/mol. The van der Waals surface area contributed by atoms with E-state index in [1.54, 1.807) is 0 Å². The number of hydrogen-bond donors (Lipinski definition) is 1. The van der Waals surface area contributed by atoms with E-state index in [0.29, 0.717) is 6.10 Å². The van der Waals surface area contributed by atoms with Crippen molar-refractivity contribution < 1.29 is 9.84 Å². The van der Waals surface area contributed by atoms with Crippen molar-refractivity contribution in [1.82, 2.24) is 0 Å². The minimum absolute atomic E-state index is 0.134. The number of aliphatic hydroxyl groups excluding tert-OH is 1. The van der Waals surface area contributed by atoms with Crippen molar-refractivity contribution in [3.8, 4) is 0 Å². The van der Waals surface area contributed by atoms with Gasteiger partial charge in [-0.15, -0.1) is 0 Å². The Hall–Kier alpha value is -0.0800. The van der Waals surface area contributed by atoms with E-state index in [9.17, 15) is 0 Å². The second-order valence-corrected chi connectivity index (χ2v) is 2.55. The third-order valence-corrected chi connectivity index (χ3v) is 1.85. The van der Waals surface area contributed by atoms with E-state index in [-0.39, 0.29) is 12.7 Å². The molecule has 1 aliphatic heterocycles. The van der Waals surface area contributed by atoms with Gasteiger partial charge in [-0.2, -0.15) is 0 Å². The van der Waals surface area contributed by atoms with Crippen molar-refractivity contribution in [2.45, 2.75) is 38.4 Å². The van der Waals surface area contributed by atoms with E-state index in [2.05, 4.69) is 6.92 Å². The molecule has 0 aromatic heterocycles. The van der Waals surface area contributed by atoms with Crippen LogP contribution in [0.4, 0.5) is 0 Å². The van der Waals surface area contributed by atoms with E-state index in [0.717, 1.165) is 19.3 Å². The lowest BCUT2D eigenvalue weighted by Gasteiger charge is -2.08. The molecule has 1 rings (SSSR count). The summed E-state index contributed by atoms with van der Waals surface area (Å²) in [6.07, 6.45) is 3.80. The van der Waals surface area contributed by atoms with Crippen LogP contribution in [0.5, 0.6) is 0 Å². The first kappa shape index (κ1) is 7.03. The molecule has 0 radical (unpaired) electrons. The molecule has 0 amide bonds. The van der Waals surface area contributed by atoms with Crippen LogP contribution in [0.15, 0.2) is 0 Å². The van der Waals surface area contributed by atoms with E-state index in [1.165, 1.54) is 0 Å². The lowest BCUT2D eigenvalue weighted by Crippen LogP contribution is -2.13. The Morgan fingerprint density at radius 3 is 2.44 bits per heavy atom. The summed E-state index contributed by atoms with van der Waals surface area (Å²) < 4.78 is 5.41. The zero-order valence-corrected chi connectivity index (χ0v) is 5.84. The van der Waals surface area contributed by atoms with Gasteiger partial charge in [-0.05, 0) is 19.3 Å². The van der Waals surface area contributed by atoms with Gasteiger partial charge in [0.15, 0.2) is 0 Å². The Kier molecular flexibility index (Phi) is 2.49. The molecule has 2 heteroatoms. The Labute approximate surface area is 55.8 Å². The summed E-state index contributed by atoms with van der Waals surface area (Å²) in [6, 6.07) is 0. The van der Waals surface area contributed by atoms with Crippen LogP contribution in [0.2, 0.25) is 0 Å². The quantitative estimate of drug-likeness (QED) is 0.602. The van der Waals surface area contributed by atoms with Crippen LogP contribution in [0.25, 0.3) is 0 Å².